The second-order valence-electron chi connectivity index (χ2n) is 6.59. The predicted octanol–water partition coefficient (Wildman–Crippen LogP) is 5.06. The predicted molar refractivity (Wildman–Crippen MR) is 115 cm³/mol. The Kier molecular flexibility index (Phi) is 9.45. The molecule has 0 heterocycles. The van der Waals surface area contributed by atoms with Crippen LogP contribution in [0.15, 0.2) is 48.5 Å². The molecule has 160 valence electrons. The van der Waals surface area contributed by atoms with Gasteiger partial charge in [0.1, 0.15) is 5.75 Å². The van der Waals surface area contributed by atoms with Gasteiger partial charge in [-0.3, -0.25) is 0 Å². The van der Waals surface area contributed by atoms with E-state index in [0.29, 0.717) is 29.4 Å². The first-order chi connectivity index (χ1) is 14.6. The van der Waals surface area contributed by atoms with Gasteiger partial charge in [-0.1, -0.05) is 32.3 Å². The summed E-state index contributed by atoms with van der Waals surface area (Å²) in [6.07, 6.45) is 7.51. The monoisotopic (exact) mass is 412 g/mol. The van der Waals surface area contributed by atoms with Crippen LogP contribution >= 0.6 is 0 Å². The lowest BCUT2D eigenvalue weighted by molar-refractivity contribution is -0.128. The van der Waals surface area contributed by atoms with Crippen molar-refractivity contribution >= 4 is 18.0 Å². The van der Waals surface area contributed by atoms with Gasteiger partial charge in [0.15, 0.2) is 11.5 Å². The van der Waals surface area contributed by atoms with E-state index < -0.39 is 11.9 Å². The molecule has 0 aromatic heterocycles. The van der Waals surface area contributed by atoms with Gasteiger partial charge in [-0.2, -0.15) is 0 Å². The first-order valence-electron chi connectivity index (χ1n) is 9.96. The van der Waals surface area contributed by atoms with E-state index in [1.54, 1.807) is 19.3 Å². The quantitative estimate of drug-likeness (QED) is 0.222. The second kappa shape index (κ2) is 12.3. The molecular weight excluding hydrogens is 384 g/mol. The summed E-state index contributed by atoms with van der Waals surface area (Å²) >= 11 is 0. The van der Waals surface area contributed by atoms with Gasteiger partial charge in [0.05, 0.1) is 26.4 Å². The maximum atomic E-state index is 12.1. The lowest BCUT2D eigenvalue weighted by atomic mass is 10.2. The summed E-state index contributed by atoms with van der Waals surface area (Å²) in [5.74, 6) is 0.645. The van der Waals surface area contributed by atoms with Gasteiger partial charge in [-0.15, -0.1) is 0 Å². The molecule has 0 amide bonds. The fourth-order valence-electron chi connectivity index (χ4n) is 2.71. The molecule has 2 aromatic rings. The van der Waals surface area contributed by atoms with Gasteiger partial charge in [0, 0.05) is 6.08 Å². The third-order valence-corrected chi connectivity index (χ3v) is 4.35. The summed E-state index contributed by atoms with van der Waals surface area (Å²) in [5, 5.41) is 0. The van der Waals surface area contributed by atoms with Gasteiger partial charge in [-0.05, 0) is 54.5 Å². The van der Waals surface area contributed by atoms with E-state index in [2.05, 4.69) is 11.7 Å². The molecule has 0 aliphatic carbocycles. The standard InChI is InChI=1S/C24H28O6/c1-4-5-6-7-16-29-21-14-8-18(17-22(21)27-2)9-15-23(25)30-20-12-10-19(11-13-20)24(26)28-3/h8-15,17H,4-7,16H2,1-3H3/b15-9+. The number of carbonyl (C=O) groups is 2. The average Bonchev–Trinajstić information content (AvgIpc) is 2.78. The zero-order chi connectivity index (χ0) is 21.8. The van der Waals surface area contributed by atoms with Crippen molar-refractivity contribution in [2.45, 2.75) is 32.6 Å². The van der Waals surface area contributed by atoms with Crippen molar-refractivity contribution in [3.8, 4) is 17.2 Å². The van der Waals surface area contributed by atoms with Crippen molar-refractivity contribution in [2.24, 2.45) is 0 Å². The summed E-state index contributed by atoms with van der Waals surface area (Å²) in [4.78, 5) is 23.5. The lowest BCUT2D eigenvalue weighted by Gasteiger charge is -2.11. The molecule has 2 aromatic carbocycles. The van der Waals surface area contributed by atoms with Gasteiger partial charge >= 0.3 is 11.9 Å². The van der Waals surface area contributed by atoms with Crippen LogP contribution < -0.4 is 14.2 Å². The van der Waals surface area contributed by atoms with E-state index in [1.165, 1.54) is 50.3 Å². The molecule has 0 saturated carbocycles. The van der Waals surface area contributed by atoms with E-state index in [1.807, 2.05) is 12.1 Å². The van der Waals surface area contributed by atoms with Crippen LogP contribution in [0.25, 0.3) is 6.08 Å². The van der Waals surface area contributed by atoms with E-state index in [4.69, 9.17) is 14.2 Å². The molecule has 6 heteroatoms. The Balaban J connectivity index is 1.92. The molecule has 0 bridgehead atoms. The number of ether oxygens (including phenoxy) is 4. The molecule has 0 aliphatic heterocycles. The fraction of sp³-hybridized carbons (Fsp3) is 0.333. The van der Waals surface area contributed by atoms with Crippen LogP contribution in [0.4, 0.5) is 0 Å². The van der Waals surface area contributed by atoms with Crippen molar-refractivity contribution in [2.75, 3.05) is 20.8 Å². The zero-order valence-electron chi connectivity index (χ0n) is 17.7. The van der Waals surface area contributed by atoms with Gasteiger partial charge in [-0.25, -0.2) is 9.59 Å². The first-order valence-corrected chi connectivity index (χ1v) is 9.96. The molecular formula is C24H28O6. The molecule has 0 atom stereocenters. The summed E-state index contributed by atoms with van der Waals surface area (Å²) in [7, 11) is 2.89. The molecule has 2 rings (SSSR count). The number of rotatable bonds is 11. The number of hydrogen-bond donors (Lipinski definition) is 0. The first kappa shape index (κ1) is 23.0. The van der Waals surface area contributed by atoms with Crippen LogP contribution in [0, 0.1) is 0 Å². The van der Waals surface area contributed by atoms with Crippen molar-refractivity contribution in [3.63, 3.8) is 0 Å². The maximum absolute atomic E-state index is 12.1. The third-order valence-electron chi connectivity index (χ3n) is 4.35. The average molecular weight is 412 g/mol. The highest BCUT2D eigenvalue weighted by atomic mass is 16.5. The molecule has 0 N–H and O–H groups in total. The molecule has 0 aliphatic rings. The van der Waals surface area contributed by atoms with E-state index in [0.717, 1.165) is 18.4 Å². The summed E-state index contributed by atoms with van der Waals surface area (Å²) in [5.41, 5.74) is 1.16. The molecule has 0 spiro atoms. The highest BCUT2D eigenvalue weighted by Crippen LogP contribution is 2.29. The topological polar surface area (TPSA) is 71.1 Å². The van der Waals surface area contributed by atoms with Crippen molar-refractivity contribution in [3.05, 3.63) is 59.7 Å². The van der Waals surface area contributed by atoms with Crippen molar-refractivity contribution in [1.29, 1.82) is 0 Å². The zero-order valence-corrected chi connectivity index (χ0v) is 17.7. The minimum Gasteiger partial charge on any atom is -0.493 e. The Hall–Kier alpha value is -3.28. The fourth-order valence-corrected chi connectivity index (χ4v) is 2.71. The van der Waals surface area contributed by atoms with E-state index in [9.17, 15) is 9.59 Å². The molecule has 0 radical (unpaired) electrons. The highest BCUT2D eigenvalue weighted by molar-refractivity contribution is 5.90. The minimum absolute atomic E-state index is 0.335. The number of benzene rings is 2. The van der Waals surface area contributed by atoms with Crippen molar-refractivity contribution < 1.29 is 28.5 Å². The molecule has 30 heavy (non-hydrogen) atoms. The SMILES string of the molecule is CCCCCCOc1ccc(/C=C/C(=O)Oc2ccc(C(=O)OC)cc2)cc1OC. The van der Waals surface area contributed by atoms with Gasteiger partial charge in [0.25, 0.3) is 0 Å². The Bertz CT molecular complexity index is 854. The maximum Gasteiger partial charge on any atom is 0.337 e. The van der Waals surface area contributed by atoms with Gasteiger partial charge < -0.3 is 18.9 Å². The summed E-state index contributed by atoms with van der Waals surface area (Å²) in [6.45, 7) is 2.82. The highest BCUT2D eigenvalue weighted by Gasteiger charge is 2.07. The number of carbonyl (C=O) groups excluding carboxylic acids is 2. The number of hydrogen-bond acceptors (Lipinski definition) is 6. The largest absolute Gasteiger partial charge is 0.493 e. The Morgan fingerprint density at radius 3 is 2.37 bits per heavy atom. The van der Waals surface area contributed by atoms with Crippen LogP contribution in [0.2, 0.25) is 0 Å². The Morgan fingerprint density at radius 2 is 1.70 bits per heavy atom. The number of esters is 2. The van der Waals surface area contributed by atoms with Crippen LogP contribution in [-0.2, 0) is 9.53 Å². The third kappa shape index (κ3) is 7.28. The van der Waals surface area contributed by atoms with Gasteiger partial charge in [0.2, 0.25) is 0 Å². The van der Waals surface area contributed by atoms with Crippen LogP contribution in [0.1, 0.15) is 48.5 Å². The van der Waals surface area contributed by atoms with Crippen LogP contribution in [0.5, 0.6) is 17.2 Å². The lowest BCUT2D eigenvalue weighted by Crippen LogP contribution is -2.05. The minimum atomic E-state index is -0.531. The smallest absolute Gasteiger partial charge is 0.337 e. The Morgan fingerprint density at radius 1 is 0.933 bits per heavy atom. The second-order valence-corrected chi connectivity index (χ2v) is 6.59. The number of unbranched alkanes of at least 4 members (excludes halogenated alkanes) is 3. The summed E-state index contributed by atoms with van der Waals surface area (Å²) < 4.78 is 21.1. The molecule has 0 fully saturated rings. The van der Waals surface area contributed by atoms with Crippen LogP contribution in [-0.4, -0.2) is 32.8 Å². The normalized spacial score (nSPS) is 10.6. The number of methoxy groups -OCH3 is 2. The molecule has 0 unspecified atom stereocenters. The molecule has 6 nitrogen and oxygen atoms in total. The van der Waals surface area contributed by atoms with Crippen LogP contribution in [0.3, 0.4) is 0 Å². The van der Waals surface area contributed by atoms with E-state index >= 15 is 0 Å². The summed E-state index contributed by atoms with van der Waals surface area (Å²) in [6, 6.07) is 11.6. The molecule has 0 saturated heterocycles. The Labute approximate surface area is 177 Å². The van der Waals surface area contributed by atoms with Crippen molar-refractivity contribution in [1.82, 2.24) is 0 Å². The van der Waals surface area contributed by atoms with E-state index in [-0.39, 0.29) is 0 Å².